The van der Waals surface area contributed by atoms with E-state index in [1.54, 1.807) is 32.0 Å². The van der Waals surface area contributed by atoms with Crippen LogP contribution >= 0.6 is 0 Å². The molecule has 0 radical (unpaired) electrons. The number of benzene rings is 2. The van der Waals surface area contributed by atoms with Gasteiger partial charge in [0, 0.05) is 19.7 Å². The van der Waals surface area contributed by atoms with E-state index < -0.39 is 5.97 Å². The molecule has 0 aliphatic rings. The van der Waals surface area contributed by atoms with Crippen molar-refractivity contribution in [1.82, 2.24) is 9.97 Å². The van der Waals surface area contributed by atoms with Crippen LogP contribution in [0.1, 0.15) is 40.6 Å². The van der Waals surface area contributed by atoms with Crippen molar-refractivity contribution in [3.63, 3.8) is 0 Å². The second-order valence-corrected chi connectivity index (χ2v) is 8.79. The van der Waals surface area contributed by atoms with Gasteiger partial charge in [-0.1, -0.05) is 46.2 Å². The number of aromatic nitrogens is 2. The molecule has 0 saturated carbocycles. The van der Waals surface area contributed by atoms with Crippen LogP contribution in [0.4, 0.5) is 5.82 Å². The Hall–Kier alpha value is -4.47. The number of rotatable bonds is 10. The van der Waals surface area contributed by atoms with Gasteiger partial charge < -0.3 is 24.0 Å². The van der Waals surface area contributed by atoms with Crippen LogP contribution < -0.4 is 9.64 Å². The molecule has 0 fully saturated rings. The predicted molar refractivity (Wildman–Crippen MR) is 146 cm³/mol. The summed E-state index contributed by atoms with van der Waals surface area (Å²) < 4.78 is 11.1. The maximum atomic E-state index is 12.6. The summed E-state index contributed by atoms with van der Waals surface area (Å²) in [4.78, 5) is 33.8. The zero-order chi connectivity index (χ0) is 27.8. The first-order valence-electron chi connectivity index (χ1n) is 11.9. The van der Waals surface area contributed by atoms with Crippen LogP contribution in [0.15, 0.2) is 52.8 Å². The van der Waals surface area contributed by atoms with Crippen molar-refractivity contribution in [3.8, 4) is 11.6 Å². The van der Waals surface area contributed by atoms with Crippen LogP contribution in [0.2, 0.25) is 0 Å². The van der Waals surface area contributed by atoms with Crippen molar-refractivity contribution in [2.45, 2.75) is 34.3 Å². The van der Waals surface area contributed by atoms with Gasteiger partial charge in [0.05, 0.1) is 12.8 Å². The van der Waals surface area contributed by atoms with Gasteiger partial charge in [-0.3, -0.25) is 0 Å². The number of nitrogens with zero attached hydrogens (tertiary/aromatic N) is 5. The van der Waals surface area contributed by atoms with Crippen molar-refractivity contribution in [2.24, 2.45) is 10.3 Å². The minimum absolute atomic E-state index is 0.123. The van der Waals surface area contributed by atoms with Crippen molar-refractivity contribution < 1.29 is 23.9 Å². The molecule has 0 bridgehead atoms. The van der Waals surface area contributed by atoms with E-state index in [9.17, 15) is 4.79 Å². The van der Waals surface area contributed by atoms with E-state index in [1.165, 1.54) is 19.8 Å². The number of carbonyl (C=O) groups is 1. The maximum Gasteiger partial charge on any atom is 0.361 e. The van der Waals surface area contributed by atoms with Gasteiger partial charge >= 0.3 is 5.97 Å². The van der Waals surface area contributed by atoms with Crippen LogP contribution in [0.5, 0.6) is 11.6 Å². The van der Waals surface area contributed by atoms with Crippen molar-refractivity contribution >= 4 is 23.2 Å². The third-order valence-corrected chi connectivity index (χ3v) is 5.58. The Balaban J connectivity index is 1.93. The van der Waals surface area contributed by atoms with Gasteiger partial charge in [-0.25, -0.2) is 9.78 Å². The number of anilines is 1. The van der Waals surface area contributed by atoms with Crippen LogP contribution in [0.3, 0.4) is 0 Å². The fourth-order valence-electron chi connectivity index (χ4n) is 3.61. The molecule has 0 amide bonds. The molecule has 10 heteroatoms. The predicted octanol–water partition coefficient (Wildman–Crippen LogP) is 4.72. The van der Waals surface area contributed by atoms with E-state index in [4.69, 9.17) is 19.1 Å². The second kappa shape index (κ2) is 12.7. The summed E-state index contributed by atoms with van der Waals surface area (Å²) in [5.74, 6) is 0.743. The quantitative estimate of drug-likeness (QED) is 0.215. The highest BCUT2D eigenvalue weighted by molar-refractivity contribution is 6.44. The largest absolute Gasteiger partial charge is 0.464 e. The lowest BCUT2D eigenvalue weighted by Gasteiger charge is -2.19. The monoisotopic (exact) mass is 519 g/mol. The molecule has 0 unspecified atom stereocenters. The minimum Gasteiger partial charge on any atom is -0.464 e. The topological polar surface area (TPSA) is 108 Å². The van der Waals surface area contributed by atoms with Gasteiger partial charge in [0.1, 0.15) is 36.7 Å². The van der Waals surface area contributed by atoms with E-state index in [0.29, 0.717) is 29.7 Å². The lowest BCUT2D eigenvalue weighted by Crippen LogP contribution is -2.24. The molecule has 10 nitrogen and oxygen atoms in total. The van der Waals surface area contributed by atoms with E-state index in [0.717, 1.165) is 16.7 Å². The Morgan fingerprint density at radius 1 is 1.00 bits per heavy atom. The zero-order valence-corrected chi connectivity index (χ0v) is 23.0. The molecular formula is C28H33N5O5. The number of esters is 1. The smallest absolute Gasteiger partial charge is 0.361 e. The third kappa shape index (κ3) is 6.84. The summed E-state index contributed by atoms with van der Waals surface area (Å²) in [6, 6.07) is 13.5. The van der Waals surface area contributed by atoms with E-state index in [-0.39, 0.29) is 17.2 Å². The highest BCUT2D eigenvalue weighted by Crippen LogP contribution is 2.31. The van der Waals surface area contributed by atoms with Gasteiger partial charge in [0.25, 0.3) is 0 Å². The molecular weight excluding hydrogens is 486 g/mol. The molecule has 3 rings (SSSR count). The van der Waals surface area contributed by atoms with Crippen LogP contribution in [0, 0.1) is 20.8 Å². The van der Waals surface area contributed by atoms with Gasteiger partial charge in [-0.15, -0.1) is 0 Å². The Morgan fingerprint density at radius 3 is 2.45 bits per heavy atom. The molecule has 3 aromatic rings. The second-order valence-electron chi connectivity index (χ2n) is 8.79. The molecule has 0 spiro atoms. The molecule has 0 saturated heterocycles. The summed E-state index contributed by atoms with van der Waals surface area (Å²) >= 11 is 0. The van der Waals surface area contributed by atoms with Gasteiger partial charge in [-0.05, 0) is 51.0 Å². The molecule has 0 atom stereocenters. The number of aryl methyl sites for hydroxylation is 3. The zero-order valence-electron chi connectivity index (χ0n) is 23.0. The van der Waals surface area contributed by atoms with Crippen molar-refractivity contribution in [1.29, 1.82) is 0 Å². The first-order chi connectivity index (χ1) is 18.1. The number of oxime groups is 2. The molecule has 2 aromatic carbocycles. The summed E-state index contributed by atoms with van der Waals surface area (Å²) in [5.41, 5.74) is 4.98. The van der Waals surface area contributed by atoms with Gasteiger partial charge in [0.2, 0.25) is 11.6 Å². The van der Waals surface area contributed by atoms with E-state index in [1.807, 2.05) is 39.0 Å². The van der Waals surface area contributed by atoms with Crippen molar-refractivity contribution in [2.75, 3.05) is 33.2 Å². The van der Waals surface area contributed by atoms with E-state index >= 15 is 0 Å². The molecule has 200 valence electrons. The molecule has 1 heterocycles. The highest BCUT2D eigenvalue weighted by atomic mass is 16.6. The summed E-state index contributed by atoms with van der Waals surface area (Å²) in [6.45, 7) is 8.04. The average molecular weight is 520 g/mol. The highest BCUT2D eigenvalue weighted by Gasteiger charge is 2.28. The van der Waals surface area contributed by atoms with Crippen LogP contribution in [-0.2, 0) is 25.8 Å². The van der Waals surface area contributed by atoms with Crippen LogP contribution in [-0.4, -0.2) is 55.7 Å². The Bertz CT molecular complexity index is 1370. The van der Waals surface area contributed by atoms with Gasteiger partial charge in [-0.2, -0.15) is 4.98 Å². The van der Waals surface area contributed by atoms with Crippen molar-refractivity contribution in [3.05, 3.63) is 76.1 Å². The standard InChI is InChI=1S/C28H33N5O5/c1-17-12-13-18(2)22(14-17)16-37-31-19(3)21-10-9-11-23(15-21)38-27-24(25(32-36-8)28(34)35-7)26(33(5)6)29-20(4)30-27/h9-15H,16H2,1-8H3. The average Bonchev–Trinajstić information content (AvgIpc) is 2.89. The number of carbonyl (C=O) groups excluding carboxylic acids is 1. The molecule has 1 aromatic heterocycles. The number of methoxy groups -OCH3 is 1. The van der Waals surface area contributed by atoms with E-state index in [2.05, 4.69) is 38.5 Å². The molecule has 0 N–H and O–H groups in total. The normalized spacial score (nSPS) is 11.7. The molecule has 0 aliphatic carbocycles. The lowest BCUT2D eigenvalue weighted by atomic mass is 10.1. The summed E-state index contributed by atoms with van der Waals surface area (Å²) in [6.07, 6.45) is 0. The number of hydrogen-bond acceptors (Lipinski definition) is 10. The first-order valence-corrected chi connectivity index (χ1v) is 11.9. The SMILES string of the molecule is CON=C(C(=O)OC)c1c(Oc2cccc(C(C)=NOCc3cc(C)ccc3C)c2)nc(C)nc1N(C)C. The Labute approximate surface area is 222 Å². The lowest BCUT2D eigenvalue weighted by molar-refractivity contribution is -0.132. The third-order valence-electron chi connectivity index (χ3n) is 5.58. The number of hydrogen-bond donors (Lipinski definition) is 0. The summed E-state index contributed by atoms with van der Waals surface area (Å²) in [7, 11) is 6.17. The number of ether oxygens (including phenoxy) is 2. The summed E-state index contributed by atoms with van der Waals surface area (Å²) in [5, 5.41) is 8.17. The fraction of sp³-hybridized carbons (Fsp3) is 0.321. The van der Waals surface area contributed by atoms with Crippen LogP contribution in [0.25, 0.3) is 0 Å². The van der Waals surface area contributed by atoms with Gasteiger partial charge in [0.15, 0.2) is 0 Å². The molecule has 38 heavy (non-hydrogen) atoms. The molecule has 0 aliphatic heterocycles. The Kier molecular flexibility index (Phi) is 9.37. The Morgan fingerprint density at radius 2 is 1.76 bits per heavy atom. The maximum absolute atomic E-state index is 12.6. The minimum atomic E-state index is -0.718. The fourth-order valence-corrected chi connectivity index (χ4v) is 3.61. The first kappa shape index (κ1) is 28.1.